The normalized spacial score (nSPS) is 14.8. The van der Waals surface area contributed by atoms with Crippen molar-refractivity contribution in [3.63, 3.8) is 0 Å². The smallest absolute Gasteiger partial charge is 0.231 e. The van der Waals surface area contributed by atoms with Gasteiger partial charge in [-0.25, -0.2) is 0 Å². The van der Waals surface area contributed by atoms with Crippen LogP contribution in [-0.2, 0) is 0 Å². The molecule has 1 aliphatic rings. The molecule has 1 aliphatic heterocycles. The Balaban J connectivity index is 2.34. The van der Waals surface area contributed by atoms with Gasteiger partial charge in [0.1, 0.15) is 0 Å². The van der Waals surface area contributed by atoms with Crippen LogP contribution in [0, 0.1) is 0 Å². The molecule has 1 atom stereocenters. The molecule has 0 saturated heterocycles. The molecule has 1 unspecified atom stereocenters. The number of thiocarbonyl (C=S) groups is 1. The highest BCUT2D eigenvalue weighted by molar-refractivity contribution is 7.80. The first-order chi connectivity index (χ1) is 8.67. The number of nitrogens with zero attached hydrogens (tertiary/aromatic N) is 1. The van der Waals surface area contributed by atoms with E-state index < -0.39 is 0 Å². The third-order valence-corrected chi connectivity index (χ3v) is 3.38. The molecule has 98 valence electrons. The minimum absolute atomic E-state index is 0.0514. The summed E-state index contributed by atoms with van der Waals surface area (Å²) in [6.07, 6.45) is 0. The number of rotatable bonds is 5. The van der Waals surface area contributed by atoms with Crippen LogP contribution in [0.3, 0.4) is 0 Å². The van der Waals surface area contributed by atoms with Crippen LogP contribution in [-0.4, -0.2) is 29.8 Å². The summed E-state index contributed by atoms with van der Waals surface area (Å²) in [6.45, 7) is 6.27. The van der Waals surface area contributed by atoms with Gasteiger partial charge in [0, 0.05) is 0 Å². The second-order valence-electron chi connectivity index (χ2n) is 4.14. The van der Waals surface area contributed by atoms with Crippen LogP contribution < -0.4 is 15.2 Å². The van der Waals surface area contributed by atoms with Crippen molar-refractivity contribution in [1.82, 2.24) is 4.90 Å². The van der Waals surface area contributed by atoms with Gasteiger partial charge in [-0.2, -0.15) is 0 Å². The lowest BCUT2D eigenvalue weighted by Gasteiger charge is -2.29. The lowest BCUT2D eigenvalue weighted by atomic mass is 10.0. The van der Waals surface area contributed by atoms with Gasteiger partial charge in [0.25, 0.3) is 0 Å². The average molecular weight is 266 g/mol. The maximum absolute atomic E-state index is 5.88. The van der Waals surface area contributed by atoms with Crippen molar-refractivity contribution in [3.05, 3.63) is 23.8 Å². The van der Waals surface area contributed by atoms with Gasteiger partial charge in [-0.15, -0.1) is 0 Å². The van der Waals surface area contributed by atoms with Crippen LogP contribution in [0.1, 0.15) is 25.5 Å². The molecule has 18 heavy (non-hydrogen) atoms. The first kappa shape index (κ1) is 13.1. The number of fused-ring (bicyclic) bond motifs is 1. The Morgan fingerprint density at radius 2 is 2.00 bits per heavy atom. The maximum Gasteiger partial charge on any atom is 0.231 e. The van der Waals surface area contributed by atoms with E-state index in [9.17, 15) is 0 Å². The van der Waals surface area contributed by atoms with Crippen molar-refractivity contribution in [1.29, 1.82) is 0 Å². The van der Waals surface area contributed by atoms with Crippen LogP contribution in [0.2, 0.25) is 0 Å². The summed E-state index contributed by atoms with van der Waals surface area (Å²) in [5.41, 5.74) is 6.94. The third kappa shape index (κ3) is 2.42. The van der Waals surface area contributed by atoms with E-state index in [1.165, 1.54) is 0 Å². The Bertz CT molecular complexity index is 447. The summed E-state index contributed by atoms with van der Waals surface area (Å²) >= 11 is 5.20. The van der Waals surface area contributed by atoms with Gasteiger partial charge in [0.2, 0.25) is 6.79 Å². The molecule has 1 aromatic rings. The quantitative estimate of drug-likeness (QED) is 0.827. The summed E-state index contributed by atoms with van der Waals surface area (Å²) in [5.74, 6) is 1.54. The fourth-order valence-electron chi connectivity index (χ4n) is 2.23. The van der Waals surface area contributed by atoms with Crippen molar-refractivity contribution in [3.8, 4) is 11.5 Å². The first-order valence-electron chi connectivity index (χ1n) is 6.10. The zero-order valence-electron chi connectivity index (χ0n) is 10.7. The Morgan fingerprint density at radius 3 is 2.61 bits per heavy atom. The summed E-state index contributed by atoms with van der Waals surface area (Å²) in [5, 5.41) is 0. The van der Waals surface area contributed by atoms with Gasteiger partial charge in [-0.3, -0.25) is 4.90 Å². The Labute approximate surface area is 113 Å². The van der Waals surface area contributed by atoms with E-state index >= 15 is 0 Å². The van der Waals surface area contributed by atoms with Crippen molar-refractivity contribution >= 4 is 17.2 Å². The molecule has 0 spiro atoms. The van der Waals surface area contributed by atoms with Crippen LogP contribution in [0.15, 0.2) is 18.2 Å². The standard InChI is InChI=1S/C13H18N2O2S/c1-3-15(4-2)12(13(14)18)9-5-6-10-11(7-9)17-8-16-10/h5-7,12H,3-4,8H2,1-2H3,(H2,14,18). The average Bonchev–Trinajstić information content (AvgIpc) is 2.82. The monoisotopic (exact) mass is 266 g/mol. The van der Waals surface area contributed by atoms with E-state index in [1.54, 1.807) is 0 Å². The van der Waals surface area contributed by atoms with Gasteiger partial charge < -0.3 is 15.2 Å². The van der Waals surface area contributed by atoms with Crippen molar-refractivity contribution in [2.75, 3.05) is 19.9 Å². The van der Waals surface area contributed by atoms with Crippen molar-refractivity contribution < 1.29 is 9.47 Å². The van der Waals surface area contributed by atoms with Gasteiger partial charge >= 0.3 is 0 Å². The predicted octanol–water partition coefficient (Wildman–Crippen LogP) is 2.08. The van der Waals surface area contributed by atoms with Crippen LogP contribution in [0.5, 0.6) is 11.5 Å². The number of hydrogen-bond donors (Lipinski definition) is 1. The van der Waals surface area contributed by atoms with E-state index in [-0.39, 0.29) is 12.8 Å². The molecule has 1 aromatic carbocycles. The third-order valence-electron chi connectivity index (χ3n) is 3.16. The highest BCUT2D eigenvalue weighted by atomic mass is 32.1. The van der Waals surface area contributed by atoms with E-state index in [2.05, 4.69) is 18.7 Å². The van der Waals surface area contributed by atoms with E-state index in [0.717, 1.165) is 30.2 Å². The zero-order valence-corrected chi connectivity index (χ0v) is 11.5. The summed E-state index contributed by atoms with van der Waals surface area (Å²) in [4.78, 5) is 2.71. The number of likely N-dealkylation sites (N-methyl/N-ethyl adjacent to an activating group) is 1. The molecule has 0 aliphatic carbocycles. The highest BCUT2D eigenvalue weighted by Crippen LogP contribution is 2.35. The molecule has 0 amide bonds. The van der Waals surface area contributed by atoms with Gasteiger partial charge in [-0.05, 0) is 30.8 Å². The van der Waals surface area contributed by atoms with Crippen LogP contribution in [0.4, 0.5) is 0 Å². The number of hydrogen-bond acceptors (Lipinski definition) is 4. The predicted molar refractivity (Wildman–Crippen MR) is 75.0 cm³/mol. The fourth-order valence-corrected chi connectivity index (χ4v) is 2.51. The van der Waals surface area contributed by atoms with Crippen LogP contribution in [0.25, 0.3) is 0 Å². The van der Waals surface area contributed by atoms with Gasteiger partial charge in [-0.1, -0.05) is 32.1 Å². The van der Waals surface area contributed by atoms with E-state index in [4.69, 9.17) is 27.4 Å². The number of nitrogens with two attached hydrogens (primary N) is 1. The minimum atomic E-state index is -0.0514. The maximum atomic E-state index is 5.88. The number of ether oxygens (including phenoxy) is 2. The Kier molecular flexibility index (Phi) is 4.04. The molecule has 2 N–H and O–H groups in total. The second kappa shape index (κ2) is 5.54. The molecule has 0 radical (unpaired) electrons. The molecule has 4 nitrogen and oxygen atoms in total. The lowest BCUT2D eigenvalue weighted by Crippen LogP contribution is -2.36. The Hall–Kier alpha value is -1.33. The molecule has 1 heterocycles. The van der Waals surface area contributed by atoms with Crippen molar-refractivity contribution in [2.24, 2.45) is 5.73 Å². The van der Waals surface area contributed by atoms with E-state index in [1.807, 2.05) is 18.2 Å². The molecular formula is C13H18N2O2S. The molecule has 0 bridgehead atoms. The Morgan fingerprint density at radius 1 is 1.33 bits per heavy atom. The number of benzene rings is 1. The molecule has 5 heteroatoms. The largest absolute Gasteiger partial charge is 0.454 e. The fraction of sp³-hybridized carbons (Fsp3) is 0.462. The van der Waals surface area contributed by atoms with Gasteiger partial charge in [0.15, 0.2) is 11.5 Å². The molecule has 0 fully saturated rings. The highest BCUT2D eigenvalue weighted by Gasteiger charge is 2.23. The zero-order chi connectivity index (χ0) is 13.1. The summed E-state index contributed by atoms with van der Waals surface area (Å²) in [7, 11) is 0. The first-order valence-corrected chi connectivity index (χ1v) is 6.51. The van der Waals surface area contributed by atoms with Crippen molar-refractivity contribution in [2.45, 2.75) is 19.9 Å². The molecule has 0 saturated carbocycles. The van der Waals surface area contributed by atoms with Gasteiger partial charge in [0.05, 0.1) is 11.0 Å². The molecular weight excluding hydrogens is 248 g/mol. The second-order valence-corrected chi connectivity index (χ2v) is 4.61. The lowest BCUT2D eigenvalue weighted by molar-refractivity contribution is 0.174. The van der Waals surface area contributed by atoms with Crippen LogP contribution >= 0.6 is 12.2 Å². The summed E-state index contributed by atoms with van der Waals surface area (Å²) < 4.78 is 10.7. The minimum Gasteiger partial charge on any atom is -0.454 e. The molecule has 0 aromatic heterocycles. The summed E-state index contributed by atoms with van der Waals surface area (Å²) in [6, 6.07) is 5.82. The SMILES string of the molecule is CCN(CC)C(C(N)=S)c1ccc2c(c1)OCO2. The topological polar surface area (TPSA) is 47.7 Å². The van der Waals surface area contributed by atoms with E-state index in [0.29, 0.717) is 4.99 Å². The molecule has 2 rings (SSSR count).